The maximum absolute atomic E-state index is 11.2. The minimum atomic E-state index is -0.716. The molecule has 1 heterocycles. The summed E-state index contributed by atoms with van der Waals surface area (Å²) in [5.41, 5.74) is 0.0430. The number of rotatable bonds is 3. The average molecular weight is 215 g/mol. The number of carboxylic acid groups (broad SMARTS) is 1. The van der Waals surface area contributed by atoms with Crippen LogP contribution in [0, 0.1) is 5.41 Å². The third-order valence-corrected chi connectivity index (χ3v) is 2.58. The Kier molecular flexibility index (Phi) is 4.11. The van der Waals surface area contributed by atoms with Gasteiger partial charge in [-0.05, 0) is 11.8 Å². The van der Waals surface area contributed by atoms with Gasteiger partial charge in [-0.25, -0.2) is 0 Å². The molecule has 1 N–H and O–H groups in total. The molecule has 0 bridgehead atoms. The van der Waals surface area contributed by atoms with Gasteiger partial charge in [-0.15, -0.1) is 0 Å². The third kappa shape index (κ3) is 4.18. The Hall–Kier alpha value is -0.610. The highest BCUT2D eigenvalue weighted by atomic mass is 16.5. The first-order chi connectivity index (χ1) is 6.90. The third-order valence-electron chi connectivity index (χ3n) is 2.58. The summed E-state index contributed by atoms with van der Waals surface area (Å²) in [6.45, 7) is 8.97. The molecule has 0 amide bonds. The predicted octanol–water partition coefficient (Wildman–Crippen LogP) is 1.21. The SMILES string of the molecule is CC(C)(C)CC(C(=O)O)N1CCOCC1. The standard InChI is InChI=1S/C11H21NO3/c1-11(2,3)8-9(10(13)14)12-4-6-15-7-5-12/h9H,4-8H2,1-3H3,(H,13,14). The van der Waals surface area contributed by atoms with E-state index in [1.165, 1.54) is 0 Å². The lowest BCUT2D eigenvalue weighted by Gasteiger charge is -2.35. The van der Waals surface area contributed by atoms with E-state index >= 15 is 0 Å². The van der Waals surface area contributed by atoms with Gasteiger partial charge in [0.15, 0.2) is 0 Å². The number of aliphatic carboxylic acids is 1. The maximum Gasteiger partial charge on any atom is 0.320 e. The molecule has 1 saturated heterocycles. The summed E-state index contributed by atoms with van der Waals surface area (Å²) in [6, 6.07) is -0.367. The van der Waals surface area contributed by atoms with Crippen molar-refractivity contribution in [1.82, 2.24) is 4.90 Å². The summed E-state index contributed by atoms with van der Waals surface area (Å²) in [6.07, 6.45) is 0.683. The van der Waals surface area contributed by atoms with Crippen molar-refractivity contribution in [2.45, 2.75) is 33.2 Å². The fraction of sp³-hybridized carbons (Fsp3) is 0.909. The van der Waals surface area contributed by atoms with Gasteiger partial charge >= 0.3 is 5.97 Å². The minimum Gasteiger partial charge on any atom is -0.480 e. The Morgan fingerprint density at radius 3 is 2.33 bits per heavy atom. The van der Waals surface area contributed by atoms with Gasteiger partial charge in [0.05, 0.1) is 13.2 Å². The van der Waals surface area contributed by atoms with Crippen molar-refractivity contribution < 1.29 is 14.6 Å². The van der Waals surface area contributed by atoms with Crippen LogP contribution in [0.5, 0.6) is 0 Å². The molecular weight excluding hydrogens is 194 g/mol. The zero-order valence-corrected chi connectivity index (χ0v) is 9.82. The second kappa shape index (κ2) is 4.94. The molecule has 4 nitrogen and oxygen atoms in total. The molecular formula is C11H21NO3. The zero-order chi connectivity index (χ0) is 11.5. The number of carboxylic acids is 1. The van der Waals surface area contributed by atoms with Crippen LogP contribution in [0.1, 0.15) is 27.2 Å². The van der Waals surface area contributed by atoms with Gasteiger partial charge in [-0.2, -0.15) is 0 Å². The quantitative estimate of drug-likeness (QED) is 0.768. The van der Waals surface area contributed by atoms with E-state index in [9.17, 15) is 9.90 Å². The molecule has 1 fully saturated rings. The van der Waals surface area contributed by atoms with Gasteiger partial charge < -0.3 is 9.84 Å². The number of morpholine rings is 1. The van der Waals surface area contributed by atoms with E-state index < -0.39 is 5.97 Å². The van der Waals surface area contributed by atoms with E-state index in [4.69, 9.17) is 4.74 Å². The smallest absolute Gasteiger partial charge is 0.320 e. The molecule has 1 aliphatic rings. The summed E-state index contributed by atoms with van der Waals surface area (Å²) in [5.74, 6) is -0.716. The van der Waals surface area contributed by atoms with E-state index in [1.807, 2.05) is 4.90 Å². The number of hydrogen-bond acceptors (Lipinski definition) is 3. The molecule has 0 aromatic heterocycles. The topological polar surface area (TPSA) is 49.8 Å². The van der Waals surface area contributed by atoms with Gasteiger partial charge in [-0.3, -0.25) is 9.69 Å². The first-order valence-corrected chi connectivity index (χ1v) is 5.45. The lowest BCUT2D eigenvalue weighted by Crippen LogP contribution is -2.48. The van der Waals surface area contributed by atoms with Crippen molar-refractivity contribution in [2.75, 3.05) is 26.3 Å². The fourth-order valence-corrected chi connectivity index (χ4v) is 1.84. The van der Waals surface area contributed by atoms with Gasteiger partial charge in [0, 0.05) is 13.1 Å². The highest BCUT2D eigenvalue weighted by Crippen LogP contribution is 2.24. The normalized spacial score (nSPS) is 21.3. The average Bonchev–Trinajstić information content (AvgIpc) is 2.14. The van der Waals surface area contributed by atoms with E-state index in [0.29, 0.717) is 19.6 Å². The molecule has 1 atom stereocenters. The highest BCUT2D eigenvalue weighted by molar-refractivity contribution is 5.73. The first kappa shape index (κ1) is 12.5. The summed E-state index contributed by atoms with van der Waals surface area (Å²) in [7, 11) is 0. The molecule has 1 aliphatic heterocycles. The molecule has 88 valence electrons. The molecule has 0 radical (unpaired) electrons. The fourth-order valence-electron chi connectivity index (χ4n) is 1.84. The van der Waals surface area contributed by atoms with Crippen molar-refractivity contribution in [2.24, 2.45) is 5.41 Å². The number of ether oxygens (including phenoxy) is 1. The number of hydrogen-bond donors (Lipinski definition) is 1. The predicted molar refractivity (Wildman–Crippen MR) is 57.9 cm³/mol. The van der Waals surface area contributed by atoms with Gasteiger partial charge in [0.1, 0.15) is 6.04 Å². The van der Waals surface area contributed by atoms with Crippen LogP contribution in [0.4, 0.5) is 0 Å². The second-order valence-electron chi connectivity index (χ2n) is 5.27. The van der Waals surface area contributed by atoms with Crippen LogP contribution in [-0.4, -0.2) is 48.3 Å². The van der Waals surface area contributed by atoms with Crippen LogP contribution < -0.4 is 0 Å². The molecule has 0 aliphatic carbocycles. The van der Waals surface area contributed by atoms with Crippen molar-refractivity contribution in [3.8, 4) is 0 Å². The van der Waals surface area contributed by atoms with Crippen LogP contribution in [0.3, 0.4) is 0 Å². The monoisotopic (exact) mass is 215 g/mol. The van der Waals surface area contributed by atoms with Crippen LogP contribution in [0.2, 0.25) is 0 Å². The van der Waals surface area contributed by atoms with E-state index in [0.717, 1.165) is 13.1 Å². The summed E-state index contributed by atoms with van der Waals surface area (Å²) in [5, 5.41) is 9.21. The summed E-state index contributed by atoms with van der Waals surface area (Å²) < 4.78 is 5.23. The van der Waals surface area contributed by atoms with E-state index in [2.05, 4.69) is 20.8 Å². The Balaban J connectivity index is 2.60. The minimum absolute atomic E-state index is 0.0430. The van der Waals surface area contributed by atoms with Crippen molar-refractivity contribution in [3.63, 3.8) is 0 Å². The van der Waals surface area contributed by atoms with Crippen molar-refractivity contribution in [3.05, 3.63) is 0 Å². The second-order valence-corrected chi connectivity index (χ2v) is 5.27. The Morgan fingerprint density at radius 2 is 1.93 bits per heavy atom. The van der Waals surface area contributed by atoms with Crippen LogP contribution in [0.25, 0.3) is 0 Å². The maximum atomic E-state index is 11.2. The van der Waals surface area contributed by atoms with E-state index in [1.54, 1.807) is 0 Å². The zero-order valence-electron chi connectivity index (χ0n) is 9.82. The molecule has 15 heavy (non-hydrogen) atoms. The molecule has 0 spiro atoms. The van der Waals surface area contributed by atoms with Crippen LogP contribution in [-0.2, 0) is 9.53 Å². The highest BCUT2D eigenvalue weighted by Gasteiger charge is 2.30. The number of carbonyl (C=O) groups is 1. The Labute approximate surface area is 91.2 Å². The molecule has 0 saturated carbocycles. The molecule has 0 aromatic rings. The van der Waals surface area contributed by atoms with Gasteiger partial charge in [-0.1, -0.05) is 20.8 Å². The van der Waals surface area contributed by atoms with E-state index in [-0.39, 0.29) is 11.5 Å². The van der Waals surface area contributed by atoms with Crippen LogP contribution in [0.15, 0.2) is 0 Å². The summed E-state index contributed by atoms with van der Waals surface area (Å²) >= 11 is 0. The van der Waals surface area contributed by atoms with Crippen molar-refractivity contribution in [1.29, 1.82) is 0 Å². The lowest BCUT2D eigenvalue weighted by atomic mass is 9.87. The summed E-state index contributed by atoms with van der Waals surface area (Å²) in [4.78, 5) is 13.2. The van der Waals surface area contributed by atoms with Gasteiger partial charge in [0.25, 0.3) is 0 Å². The van der Waals surface area contributed by atoms with Crippen molar-refractivity contribution >= 4 is 5.97 Å². The molecule has 4 heteroatoms. The molecule has 0 aromatic carbocycles. The lowest BCUT2D eigenvalue weighted by molar-refractivity contribution is -0.146. The Morgan fingerprint density at radius 1 is 1.40 bits per heavy atom. The first-order valence-electron chi connectivity index (χ1n) is 5.45. The Bertz CT molecular complexity index is 216. The number of nitrogens with zero attached hydrogens (tertiary/aromatic N) is 1. The van der Waals surface area contributed by atoms with Gasteiger partial charge in [0.2, 0.25) is 0 Å². The molecule has 1 unspecified atom stereocenters. The molecule has 1 rings (SSSR count). The largest absolute Gasteiger partial charge is 0.480 e. The van der Waals surface area contributed by atoms with Crippen LogP contribution >= 0.6 is 0 Å².